The van der Waals surface area contributed by atoms with Crippen LogP contribution in [0.3, 0.4) is 0 Å². The van der Waals surface area contributed by atoms with Gasteiger partial charge >= 0.3 is 0 Å². The highest BCUT2D eigenvalue weighted by molar-refractivity contribution is 7.91. The first-order chi connectivity index (χ1) is 17.7. The molecular weight excluding hydrogens is 508 g/mol. The van der Waals surface area contributed by atoms with E-state index in [1.807, 2.05) is 6.07 Å². The number of amides is 2. The zero-order chi connectivity index (χ0) is 26.3. The van der Waals surface area contributed by atoms with Crippen LogP contribution in [0.15, 0.2) is 76.5 Å². The number of carbonyl (C=O) groups is 2. The first-order valence-electron chi connectivity index (χ1n) is 12.5. The van der Waals surface area contributed by atoms with E-state index in [1.165, 1.54) is 35.2 Å². The minimum atomic E-state index is -4.01. The van der Waals surface area contributed by atoms with Crippen molar-refractivity contribution in [3.8, 4) is 0 Å². The van der Waals surface area contributed by atoms with E-state index in [9.17, 15) is 18.0 Å². The number of fused-ring (bicyclic) bond motifs is 2. The van der Waals surface area contributed by atoms with Crippen LogP contribution in [0, 0.1) is 11.8 Å². The Morgan fingerprint density at radius 1 is 1.00 bits per heavy atom. The molecule has 5 rings (SSSR count). The molecule has 0 saturated heterocycles. The lowest BCUT2D eigenvalue weighted by atomic mass is 9.78. The van der Waals surface area contributed by atoms with Gasteiger partial charge in [-0.3, -0.25) is 9.59 Å². The molecule has 0 unspecified atom stereocenters. The van der Waals surface area contributed by atoms with Gasteiger partial charge < -0.3 is 10.2 Å². The Balaban J connectivity index is 1.60. The van der Waals surface area contributed by atoms with Crippen LogP contribution in [-0.4, -0.2) is 26.3 Å². The Kier molecular flexibility index (Phi) is 6.86. The lowest BCUT2D eigenvalue weighted by Crippen LogP contribution is -2.43. The van der Waals surface area contributed by atoms with Gasteiger partial charge in [-0.2, -0.15) is 0 Å². The Labute approximate surface area is 222 Å². The fourth-order valence-electron chi connectivity index (χ4n) is 5.36. The van der Waals surface area contributed by atoms with Gasteiger partial charge in [-0.05, 0) is 66.3 Å². The maximum Gasteiger partial charge on any atom is 0.259 e. The predicted octanol–water partition coefficient (Wildman–Crippen LogP) is 5.89. The van der Waals surface area contributed by atoms with E-state index >= 15 is 0 Å². The molecule has 0 aromatic heterocycles. The minimum Gasteiger partial charge on any atom is -0.349 e. The van der Waals surface area contributed by atoms with Crippen molar-refractivity contribution in [2.24, 2.45) is 11.8 Å². The second-order valence-corrected chi connectivity index (χ2v) is 12.4. The van der Waals surface area contributed by atoms with Crippen molar-refractivity contribution in [3.63, 3.8) is 0 Å². The van der Waals surface area contributed by atoms with E-state index < -0.39 is 15.7 Å². The number of rotatable bonds is 4. The van der Waals surface area contributed by atoms with E-state index in [0.29, 0.717) is 22.4 Å². The summed E-state index contributed by atoms with van der Waals surface area (Å²) < 4.78 is 27.4. The van der Waals surface area contributed by atoms with Gasteiger partial charge in [0, 0.05) is 16.6 Å². The summed E-state index contributed by atoms with van der Waals surface area (Å²) in [6.07, 6.45) is 3.11. The number of sulfone groups is 1. The van der Waals surface area contributed by atoms with Crippen LogP contribution in [-0.2, 0) is 16.4 Å². The molecule has 3 atom stereocenters. The molecule has 6 nitrogen and oxygen atoms in total. The van der Waals surface area contributed by atoms with E-state index in [4.69, 9.17) is 11.6 Å². The van der Waals surface area contributed by atoms with Crippen molar-refractivity contribution >= 4 is 38.9 Å². The third-order valence-electron chi connectivity index (χ3n) is 7.71. The van der Waals surface area contributed by atoms with Crippen molar-refractivity contribution in [1.82, 2.24) is 5.32 Å². The number of nitrogens with one attached hydrogen (secondary N) is 1. The number of anilines is 1. The first-order valence-corrected chi connectivity index (χ1v) is 14.4. The first kappa shape index (κ1) is 25.5. The molecule has 0 spiro atoms. The number of carbonyl (C=O) groups excluding carboxylic acids is 2. The van der Waals surface area contributed by atoms with Crippen molar-refractivity contribution < 1.29 is 18.0 Å². The molecule has 0 radical (unpaired) electrons. The number of hydrogen-bond donors (Lipinski definition) is 1. The highest BCUT2D eigenvalue weighted by Crippen LogP contribution is 2.38. The van der Waals surface area contributed by atoms with Gasteiger partial charge in [-0.15, -0.1) is 0 Å². The number of nitrogens with zero attached hydrogens (tertiary/aromatic N) is 1. The standard InChI is InChI=1S/C29H29ClN2O4S/c1-18-7-5-11-24(19(18)2)31-28(33)21-13-14-27-25(16-21)32(17-20-8-6-9-22(30)15-20)29(34)23-10-3-4-12-26(23)37(27,35)36/h3-4,6,8-10,12-16,18-19,24H,5,7,11,17H2,1-2H3,(H,31,33)/t18-,19-,24-/m1/s1. The number of benzene rings is 3. The van der Waals surface area contributed by atoms with E-state index in [-0.39, 0.29) is 39.5 Å². The summed E-state index contributed by atoms with van der Waals surface area (Å²) in [5.41, 5.74) is 1.33. The van der Waals surface area contributed by atoms with Gasteiger partial charge in [-0.1, -0.05) is 62.6 Å². The fourth-order valence-corrected chi connectivity index (χ4v) is 7.20. The normalized spacial score (nSPS) is 22.5. The SMILES string of the molecule is C[C@@H]1[C@H](C)CCC[C@H]1NC(=O)c1ccc2c(c1)N(Cc1cccc(Cl)c1)C(=O)c1ccccc1S2(=O)=O. The topological polar surface area (TPSA) is 83.6 Å². The second kappa shape index (κ2) is 9.95. The zero-order valence-electron chi connectivity index (χ0n) is 20.8. The monoisotopic (exact) mass is 536 g/mol. The van der Waals surface area contributed by atoms with Gasteiger partial charge in [-0.25, -0.2) is 8.42 Å². The van der Waals surface area contributed by atoms with Gasteiger partial charge in [0.15, 0.2) is 0 Å². The van der Waals surface area contributed by atoms with Crippen LogP contribution < -0.4 is 10.2 Å². The summed E-state index contributed by atoms with van der Waals surface area (Å²) in [5.74, 6) is 0.128. The minimum absolute atomic E-state index is 0.0102. The molecule has 1 saturated carbocycles. The summed E-state index contributed by atoms with van der Waals surface area (Å²) in [4.78, 5) is 28.5. The molecule has 192 valence electrons. The molecular formula is C29H29ClN2O4S. The summed E-state index contributed by atoms with van der Waals surface area (Å²) in [5, 5.41) is 3.66. The average Bonchev–Trinajstić information content (AvgIpc) is 2.95. The second-order valence-electron chi connectivity index (χ2n) is 10.1. The molecule has 1 fully saturated rings. The molecule has 2 amide bonds. The third kappa shape index (κ3) is 4.78. The highest BCUT2D eigenvalue weighted by atomic mass is 35.5. The fraction of sp³-hybridized carbons (Fsp3) is 0.310. The summed E-state index contributed by atoms with van der Waals surface area (Å²) in [6.45, 7) is 4.45. The molecule has 1 aliphatic carbocycles. The van der Waals surface area contributed by atoms with Gasteiger partial charge in [0.1, 0.15) is 0 Å². The summed E-state index contributed by atoms with van der Waals surface area (Å²) >= 11 is 6.19. The smallest absolute Gasteiger partial charge is 0.259 e. The van der Waals surface area contributed by atoms with Crippen LogP contribution in [0.5, 0.6) is 0 Å². The van der Waals surface area contributed by atoms with Crippen molar-refractivity contribution in [3.05, 3.63) is 88.4 Å². The Morgan fingerprint density at radius 2 is 1.78 bits per heavy atom. The van der Waals surface area contributed by atoms with Gasteiger partial charge in [0.05, 0.1) is 27.6 Å². The number of hydrogen-bond acceptors (Lipinski definition) is 4. The molecule has 0 bridgehead atoms. The summed E-state index contributed by atoms with van der Waals surface area (Å²) in [6, 6.07) is 17.8. The van der Waals surface area contributed by atoms with Crippen LogP contribution in [0.1, 0.15) is 59.4 Å². The van der Waals surface area contributed by atoms with Crippen LogP contribution >= 0.6 is 11.6 Å². The van der Waals surface area contributed by atoms with E-state index in [1.54, 1.807) is 30.3 Å². The van der Waals surface area contributed by atoms with E-state index in [0.717, 1.165) is 24.8 Å². The Hall–Kier alpha value is -3.16. The van der Waals surface area contributed by atoms with Crippen LogP contribution in [0.25, 0.3) is 0 Å². The third-order valence-corrected chi connectivity index (χ3v) is 9.80. The number of halogens is 1. The van der Waals surface area contributed by atoms with Gasteiger partial charge in [0.25, 0.3) is 11.8 Å². The molecule has 2 aliphatic rings. The molecule has 37 heavy (non-hydrogen) atoms. The Bertz CT molecular complexity index is 1490. The molecule has 1 heterocycles. The van der Waals surface area contributed by atoms with Crippen molar-refractivity contribution in [1.29, 1.82) is 0 Å². The van der Waals surface area contributed by atoms with Crippen LogP contribution in [0.4, 0.5) is 5.69 Å². The largest absolute Gasteiger partial charge is 0.349 e. The molecule has 1 aliphatic heterocycles. The maximum absolute atomic E-state index is 13.8. The lowest BCUT2D eigenvalue weighted by Gasteiger charge is -2.34. The lowest BCUT2D eigenvalue weighted by molar-refractivity contribution is 0.0889. The Morgan fingerprint density at radius 3 is 2.57 bits per heavy atom. The predicted molar refractivity (Wildman–Crippen MR) is 144 cm³/mol. The zero-order valence-corrected chi connectivity index (χ0v) is 22.4. The van der Waals surface area contributed by atoms with Crippen molar-refractivity contribution in [2.45, 2.75) is 55.5 Å². The average molecular weight is 537 g/mol. The summed E-state index contributed by atoms with van der Waals surface area (Å²) in [7, 11) is -4.01. The van der Waals surface area contributed by atoms with Crippen LogP contribution in [0.2, 0.25) is 5.02 Å². The molecule has 8 heteroatoms. The quantitative estimate of drug-likeness (QED) is 0.451. The highest BCUT2D eigenvalue weighted by Gasteiger charge is 2.36. The molecule has 1 N–H and O–H groups in total. The van der Waals surface area contributed by atoms with Crippen molar-refractivity contribution in [2.75, 3.05) is 4.90 Å². The van der Waals surface area contributed by atoms with Gasteiger partial charge in [0.2, 0.25) is 9.84 Å². The maximum atomic E-state index is 13.8. The molecule has 3 aromatic rings. The molecule has 3 aromatic carbocycles. The van der Waals surface area contributed by atoms with E-state index in [2.05, 4.69) is 19.2 Å².